The molecule has 0 aliphatic carbocycles. The number of morpholine rings is 2. The van der Waals surface area contributed by atoms with Gasteiger partial charge in [-0.05, 0) is 13.3 Å². The standard InChI is InChI=1S/C14H24N2O5/c1-3-11-9-21-10(2)7-16(11)14(19)15-4-5-20-8-12(15)6-13(17)18/h10-12H,3-9H2,1-2H3,(H,17,18). The van der Waals surface area contributed by atoms with Crippen molar-refractivity contribution in [3.05, 3.63) is 0 Å². The third-order valence-electron chi connectivity index (χ3n) is 4.07. The van der Waals surface area contributed by atoms with E-state index in [4.69, 9.17) is 14.6 Å². The Morgan fingerprint density at radius 1 is 1.24 bits per heavy atom. The number of ether oxygens (including phenoxy) is 2. The van der Waals surface area contributed by atoms with E-state index in [2.05, 4.69) is 0 Å². The highest BCUT2D eigenvalue weighted by atomic mass is 16.5. The van der Waals surface area contributed by atoms with Crippen LogP contribution in [0.5, 0.6) is 0 Å². The number of urea groups is 1. The maximum Gasteiger partial charge on any atom is 0.320 e. The van der Waals surface area contributed by atoms with Crippen molar-refractivity contribution < 1.29 is 24.2 Å². The van der Waals surface area contributed by atoms with Gasteiger partial charge in [-0.25, -0.2) is 4.79 Å². The lowest BCUT2D eigenvalue weighted by Crippen LogP contribution is -2.60. The molecule has 2 fully saturated rings. The van der Waals surface area contributed by atoms with Gasteiger partial charge < -0.3 is 24.4 Å². The fourth-order valence-electron chi connectivity index (χ4n) is 2.86. The fraction of sp³-hybridized carbons (Fsp3) is 0.857. The van der Waals surface area contributed by atoms with Crippen LogP contribution >= 0.6 is 0 Å². The smallest absolute Gasteiger partial charge is 0.320 e. The molecule has 120 valence electrons. The Balaban J connectivity index is 2.09. The van der Waals surface area contributed by atoms with Gasteiger partial charge in [0.25, 0.3) is 0 Å². The van der Waals surface area contributed by atoms with Crippen molar-refractivity contribution in [3.63, 3.8) is 0 Å². The minimum Gasteiger partial charge on any atom is -0.481 e. The Bertz CT molecular complexity index is 390. The molecule has 0 aromatic carbocycles. The normalized spacial score (nSPS) is 30.3. The maximum atomic E-state index is 12.8. The average Bonchev–Trinajstić information content (AvgIpc) is 2.46. The topological polar surface area (TPSA) is 79.3 Å². The van der Waals surface area contributed by atoms with Crippen LogP contribution in [0.1, 0.15) is 26.7 Å². The van der Waals surface area contributed by atoms with E-state index in [0.717, 1.165) is 6.42 Å². The number of carbonyl (C=O) groups is 2. The molecule has 0 saturated carbocycles. The second-order valence-corrected chi connectivity index (χ2v) is 5.66. The van der Waals surface area contributed by atoms with Crippen LogP contribution in [0.25, 0.3) is 0 Å². The Labute approximate surface area is 124 Å². The highest BCUT2D eigenvalue weighted by Crippen LogP contribution is 2.20. The summed E-state index contributed by atoms with van der Waals surface area (Å²) in [6.45, 7) is 6.25. The minimum atomic E-state index is -0.911. The van der Waals surface area contributed by atoms with Gasteiger partial charge in [0.1, 0.15) is 0 Å². The molecule has 21 heavy (non-hydrogen) atoms. The zero-order chi connectivity index (χ0) is 15.4. The summed E-state index contributed by atoms with van der Waals surface area (Å²) in [5.74, 6) is -0.911. The number of hydrogen-bond donors (Lipinski definition) is 1. The first-order chi connectivity index (χ1) is 10.0. The van der Waals surface area contributed by atoms with E-state index in [9.17, 15) is 9.59 Å². The third-order valence-corrected chi connectivity index (χ3v) is 4.07. The zero-order valence-corrected chi connectivity index (χ0v) is 12.7. The lowest BCUT2D eigenvalue weighted by molar-refractivity contribution is -0.139. The number of amides is 2. The van der Waals surface area contributed by atoms with Gasteiger partial charge in [0.05, 0.1) is 44.4 Å². The van der Waals surface area contributed by atoms with Crippen LogP contribution < -0.4 is 0 Å². The maximum absolute atomic E-state index is 12.8. The van der Waals surface area contributed by atoms with E-state index < -0.39 is 5.97 Å². The summed E-state index contributed by atoms with van der Waals surface area (Å²) in [6, 6.07) is -0.423. The summed E-state index contributed by atoms with van der Waals surface area (Å²) in [5.41, 5.74) is 0. The van der Waals surface area contributed by atoms with E-state index in [1.54, 1.807) is 4.90 Å². The molecule has 2 saturated heterocycles. The lowest BCUT2D eigenvalue weighted by Gasteiger charge is -2.44. The van der Waals surface area contributed by atoms with Crippen molar-refractivity contribution in [2.24, 2.45) is 0 Å². The van der Waals surface area contributed by atoms with Crippen LogP contribution in [0.15, 0.2) is 0 Å². The van der Waals surface area contributed by atoms with Crippen LogP contribution in [0.4, 0.5) is 4.79 Å². The monoisotopic (exact) mass is 300 g/mol. The van der Waals surface area contributed by atoms with Gasteiger partial charge >= 0.3 is 12.0 Å². The van der Waals surface area contributed by atoms with Crippen LogP contribution in [-0.2, 0) is 14.3 Å². The first-order valence-electron chi connectivity index (χ1n) is 7.51. The molecule has 3 atom stereocenters. The molecule has 7 nitrogen and oxygen atoms in total. The van der Waals surface area contributed by atoms with E-state index in [1.165, 1.54) is 0 Å². The Kier molecular flexibility index (Phi) is 5.41. The van der Waals surface area contributed by atoms with Gasteiger partial charge in [0.15, 0.2) is 0 Å². The zero-order valence-electron chi connectivity index (χ0n) is 12.7. The first-order valence-corrected chi connectivity index (χ1v) is 7.51. The van der Waals surface area contributed by atoms with Crippen molar-refractivity contribution in [1.29, 1.82) is 0 Å². The number of carboxylic acids is 1. The van der Waals surface area contributed by atoms with Crippen molar-refractivity contribution in [1.82, 2.24) is 9.80 Å². The second kappa shape index (κ2) is 7.09. The van der Waals surface area contributed by atoms with Gasteiger partial charge in [-0.15, -0.1) is 0 Å². The van der Waals surface area contributed by atoms with Gasteiger partial charge in [-0.1, -0.05) is 6.92 Å². The summed E-state index contributed by atoms with van der Waals surface area (Å²) in [5, 5.41) is 8.99. The minimum absolute atomic E-state index is 0.00992. The van der Waals surface area contributed by atoms with Crippen LogP contribution in [0.3, 0.4) is 0 Å². The number of rotatable bonds is 3. The average molecular weight is 300 g/mol. The summed E-state index contributed by atoms with van der Waals surface area (Å²) >= 11 is 0. The Morgan fingerprint density at radius 3 is 2.67 bits per heavy atom. The van der Waals surface area contributed by atoms with E-state index >= 15 is 0 Å². The molecule has 0 bridgehead atoms. The second-order valence-electron chi connectivity index (χ2n) is 5.66. The van der Waals surface area contributed by atoms with Gasteiger partial charge in [0.2, 0.25) is 0 Å². The summed E-state index contributed by atoms with van der Waals surface area (Å²) in [4.78, 5) is 27.2. The largest absolute Gasteiger partial charge is 0.481 e. The lowest BCUT2D eigenvalue weighted by atomic mass is 10.1. The third kappa shape index (κ3) is 3.85. The molecular weight excluding hydrogens is 276 g/mol. The molecule has 0 aromatic rings. The molecule has 7 heteroatoms. The number of carbonyl (C=O) groups excluding carboxylic acids is 1. The quantitative estimate of drug-likeness (QED) is 0.833. The fourth-order valence-corrected chi connectivity index (χ4v) is 2.86. The molecule has 2 aliphatic rings. The molecule has 2 aliphatic heterocycles. The number of hydrogen-bond acceptors (Lipinski definition) is 4. The van der Waals surface area contributed by atoms with E-state index in [0.29, 0.717) is 26.3 Å². The van der Waals surface area contributed by atoms with Crippen LogP contribution in [0.2, 0.25) is 0 Å². The van der Waals surface area contributed by atoms with E-state index in [-0.39, 0.29) is 37.2 Å². The molecule has 2 amide bonds. The molecule has 0 aromatic heterocycles. The van der Waals surface area contributed by atoms with Gasteiger partial charge in [0, 0.05) is 13.1 Å². The number of carboxylic acid groups (broad SMARTS) is 1. The number of nitrogens with zero attached hydrogens (tertiary/aromatic N) is 2. The van der Waals surface area contributed by atoms with E-state index in [1.807, 2.05) is 18.7 Å². The number of aliphatic carboxylic acids is 1. The Morgan fingerprint density at radius 2 is 2.00 bits per heavy atom. The summed E-state index contributed by atoms with van der Waals surface area (Å²) in [6.07, 6.45) is 0.755. The molecule has 2 heterocycles. The van der Waals surface area contributed by atoms with Gasteiger partial charge in [-0.2, -0.15) is 0 Å². The predicted octanol–water partition coefficient (Wildman–Crippen LogP) is 0.781. The molecule has 0 radical (unpaired) electrons. The van der Waals surface area contributed by atoms with Crippen LogP contribution in [-0.4, -0.2) is 78.0 Å². The molecule has 1 N–H and O–H groups in total. The molecule has 2 rings (SSSR count). The Hall–Kier alpha value is -1.34. The van der Waals surface area contributed by atoms with Crippen LogP contribution in [0, 0.1) is 0 Å². The SMILES string of the molecule is CCC1COC(C)CN1C(=O)N1CCOCC1CC(=O)O. The van der Waals surface area contributed by atoms with Crippen molar-refractivity contribution in [2.45, 2.75) is 44.9 Å². The predicted molar refractivity (Wildman–Crippen MR) is 75.2 cm³/mol. The molecule has 0 spiro atoms. The first kappa shape index (κ1) is 16.0. The highest BCUT2D eigenvalue weighted by Gasteiger charge is 2.36. The highest BCUT2D eigenvalue weighted by molar-refractivity contribution is 5.77. The summed E-state index contributed by atoms with van der Waals surface area (Å²) < 4.78 is 10.9. The van der Waals surface area contributed by atoms with Gasteiger partial charge in [-0.3, -0.25) is 4.79 Å². The molecule has 3 unspecified atom stereocenters. The van der Waals surface area contributed by atoms with Crippen molar-refractivity contribution in [2.75, 3.05) is 32.9 Å². The molecular formula is C14H24N2O5. The summed E-state index contributed by atoms with van der Waals surface area (Å²) in [7, 11) is 0. The van der Waals surface area contributed by atoms with Crippen molar-refractivity contribution in [3.8, 4) is 0 Å². The van der Waals surface area contributed by atoms with Crippen molar-refractivity contribution >= 4 is 12.0 Å².